The average Bonchev–Trinajstić information content (AvgIpc) is 2.31. The highest BCUT2D eigenvalue weighted by molar-refractivity contribution is 6.32. The summed E-state index contributed by atoms with van der Waals surface area (Å²) in [6.45, 7) is 3.54. The van der Waals surface area contributed by atoms with Crippen molar-refractivity contribution in [1.82, 2.24) is 0 Å². The van der Waals surface area contributed by atoms with Crippen LogP contribution in [0.4, 0.5) is 0 Å². The third-order valence-electron chi connectivity index (χ3n) is 2.37. The van der Waals surface area contributed by atoms with Gasteiger partial charge in [-0.25, -0.2) is 4.79 Å². The average molecular weight is 259 g/mol. The van der Waals surface area contributed by atoms with Gasteiger partial charge in [0.15, 0.2) is 6.10 Å². The molecule has 0 aliphatic carbocycles. The summed E-state index contributed by atoms with van der Waals surface area (Å²) >= 11 is 5.99. The minimum absolute atomic E-state index is 0.143. The van der Waals surface area contributed by atoms with E-state index in [1.165, 1.54) is 0 Å². The third kappa shape index (κ3) is 3.19. The summed E-state index contributed by atoms with van der Waals surface area (Å²) < 4.78 is 4.62. The zero-order valence-corrected chi connectivity index (χ0v) is 10.4. The zero-order chi connectivity index (χ0) is 13.0. The quantitative estimate of drug-likeness (QED) is 0.805. The van der Waals surface area contributed by atoms with E-state index in [1.54, 1.807) is 32.0 Å². The fourth-order valence-corrected chi connectivity index (χ4v) is 1.66. The van der Waals surface area contributed by atoms with E-state index in [0.717, 1.165) is 5.56 Å². The van der Waals surface area contributed by atoms with E-state index in [4.69, 9.17) is 11.6 Å². The Hall–Kier alpha value is -1.10. The Morgan fingerprint density at radius 1 is 1.47 bits per heavy atom. The molecule has 0 bridgehead atoms. The van der Waals surface area contributed by atoms with Crippen LogP contribution in [0.1, 0.15) is 24.2 Å². The molecule has 0 saturated carbocycles. The molecular formula is C12H15ClO4. The Morgan fingerprint density at radius 2 is 2.12 bits per heavy atom. The molecule has 0 amide bonds. The molecule has 1 rings (SSSR count). The fraction of sp³-hybridized carbons (Fsp3) is 0.417. The Labute approximate surface area is 105 Å². The molecule has 0 aliphatic heterocycles. The molecule has 0 fully saturated rings. The van der Waals surface area contributed by atoms with Crippen molar-refractivity contribution in [3.8, 4) is 0 Å². The van der Waals surface area contributed by atoms with Gasteiger partial charge in [0.25, 0.3) is 0 Å². The van der Waals surface area contributed by atoms with Crippen molar-refractivity contribution < 1.29 is 19.7 Å². The number of aliphatic hydroxyl groups is 2. The first kappa shape index (κ1) is 14.0. The van der Waals surface area contributed by atoms with Crippen LogP contribution in [0.25, 0.3) is 0 Å². The molecule has 0 heterocycles. The van der Waals surface area contributed by atoms with Crippen molar-refractivity contribution in [1.29, 1.82) is 0 Å². The summed E-state index contributed by atoms with van der Waals surface area (Å²) in [5, 5.41) is 19.8. The monoisotopic (exact) mass is 258 g/mol. The van der Waals surface area contributed by atoms with E-state index >= 15 is 0 Å². The van der Waals surface area contributed by atoms with E-state index in [9.17, 15) is 15.0 Å². The van der Waals surface area contributed by atoms with Gasteiger partial charge in [-0.1, -0.05) is 29.8 Å². The molecule has 2 N–H and O–H groups in total. The SMILES string of the molecule is CCOC(=O)C(O)C(O)c1cccc(C)c1Cl. The maximum absolute atomic E-state index is 11.3. The number of halogens is 1. The van der Waals surface area contributed by atoms with E-state index in [0.29, 0.717) is 10.6 Å². The van der Waals surface area contributed by atoms with Crippen molar-refractivity contribution in [2.75, 3.05) is 6.61 Å². The van der Waals surface area contributed by atoms with Crippen LogP contribution in [0.2, 0.25) is 5.02 Å². The summed E-state index contributed by atoms with van der Waals surface area (Å²) in [6.07, 6.45) is -3.02. The second-order valence-electron chi connectivity index (χ2n) is 3.62. The van der Waals surface area contributed by atoms with Crippen LogP contribution >= 0.6 is 11.6 Å². The van der Waals surface area contributed by atoms with E-state index < -0.39 is 18.2 Å². The predicted molar refractivity (Wildman–Crippen MR) is 63.8 cm³/mol. The molecular weight excluding hydrogens is 244 g/mol. The van der Waals surface area contributed by atoms with Gasteiger partial charge in [0, 0.05) is 10.6 Å². The van der Waals surface area contributed by atoms with E-state index in [2.05, 4.69) is 4.74 Å². The Balaban J connectivity index is 2.92. The molecule has 0 radical (unpaired) electrons. The lowest BCUT2D eigenvalue weighted by atomic mass is 10.0. The minimum atomic E-state index is -1.63. The van der Waals surface area contributed by atoms with Crippen LogP contribution in [0.5, 0.6) is 0 Å². The summed E-state index contributed by atoms with van der Waals surface area (Å²) in [5.41, 5.74) is 1.08. The lowest BCUT2D eigenvalue weighted by molar-refractivity contribution is -0.159. The van der Waals surface area contributed by atoms with Gasteiger partial charge < -0.3 is 14.9 Å². The van der Waals surface area contributed by atoms with Gasteiger partial charge in [-0.3, -0.25) is 0 Å². The molecule has 0 saturated heterocycles. The largest absolute Gasteiger partial charge is 0.464 e. The Kier molecular flexibility index (Phi) is 4.93. The van der Waals surface area contributed by atoms with E-state index in [1.807, 2.05) is 0 Å². The summed E-state index contributed by atoms with van der Waals surface area (Å²) in [4.78, 5) is 11.3. The fourth-order valence-electron chi connectivity index (χ4n) is 1.43. The number of carbonyl (C=O) groups is 1. The lowest BCUT2D eigenvalue weighted by Gasteiger charge is -2.18. The number of hydrogen-bond acceptors (Lipinski definition) is 4. The number of aryl methyl sites for hydroxylation is 1. The van der Waals surface area contributed by atoms with Crippen LogP contribution in [0.3, 0.4) is 0 Å². The maximum atomic E-state index is 11.3. The third-order valence-corrected chi connectivity index (χ3v) is 2.88. The van der Waals surface area contributed by atoms with Gasteiger partial charge in [0.1, 0.15) is 6.10 Å². The number of hydrogen-bond donors (Lipinski definition) is 2. The molecule has 2 atom stereocenters. The van der Waals surface area contributed by atoms with Crippen molar-refractivity contribution in [2.45, 2.75) is 26.1 Å². The number of ether oxygens (including phenoxy) is 1. The molecule has 17 heavy (non-hydrogen) atoms. The molecule has 5 heteroatoms. The molecule has 0 spiro atoms. The molecule has 4 nitrogen and oxygen atoms in total. The van der Waals surface area contributed by atoms with Crippen molar-refractivity contribution >= 4 is 17.6 Å². The Morgan fingerprint density at radius 3 is 2.71 bits per heavy atom. The number of esters is 1. The van der Waals surface area contributed by atoms with Gasteiger partial charge in [0.05, 0.1) is 6.61 Å². The van der Waals surface area contributed by atoms with Gasteiger partial charge in [-0.15, -0.1) is 0 Å². The molecule has 94 valence electrons. The van der Waals surface area contributed by atoms with Gasteiger partial charge in [-0.05, 0) is 19.4 Å². The van der Waals surface area contributed by atoms with Gasteiger partial charge in [-0.2, -0.15) is 0 Å². The van der Waals surface area contributed by atoms with Crippen LogP contribution in [-0.4, -0.2) is 28.9 Å². The second kappa shape index (κ2) is 6.00. The Bertz CT molecular complexity index is 405. The van der Waals surface area contributed by atoms with E-state index in [-0.39, 0.29) is 6.61 Å². The highest BCUT2D eigenvalue weighted by Gasteiger charge is 2.28. The topological polar surface area (TPSA) is 66.8 Å². The minimum Gasteiger partial charge on any atom is -0.464 e. The molecule has 0 aromatic heterocycles. The summed E-state index contributed by atoms with van der Waals surface area (Å²) in [7, 11) is 0. The van der Waals surface area contributed by atoms with Crippen molar-refractivity contribution in [3.05, 3.63) is 34.3 Å². The normalized spacial score (nSPS) is 14.2. The first-order valence-corrected chi connectivity index (χ1v) is 5.64. The highest BCUT2D eigenvalue weighted by atomic mass is 35.5. The highest BCUT2D eigenvalue weighted by Crippen LogP contribution is 2.28. The summed E-state index contributed by atoms with van der Waals surface area (Å²) in [6, 6.07) is 5.02. The van der Waals surface area contributed by atoms with Crippen molar-refractivity contribution in [3.63, 3.8) is 0 Å². The maximum Gasteiger partial charge on any atom is 0.338 e. The first-order chi connectivity index (χ1) is 7.99. The molecule has 2 unspecified atom stereocenters. The predicted octanol–water partition coefficient (Wildman–Crippen LogP) is 1.61. The smallest absolute Gasteiger partial charge is 0.338 e. The molecule has 0 aliphatic rings. The number of carbonyl (C=O) groups excluding carboxylic acids is 1. The van der Waals surface area contributed by atoms with Gasteiger partial charge in [0.2, 0.25) is 0 Å². The number of benzene rings is 1. The van der Waals surface area contributed by atoms with Crippen LogP contribution in [0.15, 0.2) is 18.2 Å². The van der Waals surface area contributed by atoms with Crippen LogP contribution in [-0.2, 0) is 9.53 Å². The van der Waals surface area contributed by atoms with Gasteiger partial charge >= 0.3 is 5.97 Å². The summed E-state index contributed by atoms with van der Waals surface area (Å²) in [5.74, 6) is -0.863. The number of aliphatic hydroxyl groups excluding tert-OH is 2. The first-order valence-electron chi connectivity index (χ1n) is 5.26. The van der Waals surface area contributed by atoms with Crippen LogP contribution < -0.4 is 0 Å². The van der Waals surface area contributed by atoms with Crippen molar-refractivity contribution in [2.24, 2.45) is 0 Å². The second-order valence-corrected chi connectivity index (χ2v) is 4.00. The molecule has 1 aromatic rings. The molecule has 1 aromatic carbocycles. The van der Waals surface area contributed by atoms with Crippen LogP contribution in [0, 0.1) is 6.92 Å². The lowest BCUT2D eigenvalue weighted by Crippen LogP contribution is -2.30. The standard InChI is InChI=1S/C12H15ClO4/c1-3-17-12(16)11(15)10(14)8-6-4-5-7(2)9(8)13/h4-6,10-11,14-15H,3H2,1-2H3. The zero-order valence-electron chi connectivity index (χ0n) is 9.68. The number of rotatable bonds is 4.